The van der Waals surface area contributed by atoms with Crippen molar-refractivity contribution in [1.29, 1.82) is 0 Å². The van der Waals surface area contributed by atoms with Crippen molar-refractivity contribution in [2.75, 3.05) is 13.2 Å². The molecule has 0 aromatic heterocycles. The summed E-state index contributed by atoms with van der Waals surface area (Å²) in [5, 5.41) is -0.182. The minimum atomic E-state index is -3.18. The average molecular weight is 292 g/mol. The Morgan fingerprint density at radius 2 is 1.70 bits per heavy atom. The number of hydrogen-bond donors (Lipinski definition) is 0. The minimum Gasteiger partial charge on any atom is -0.381 e. The molecule has 2 aliphatic carbocycles. The number of fused-ring (bicyclic) bond motifs is 5. The lowest BCUT2D eigenvalue weighted by Crippen LogP contribution is -2.35. The Balaban J connectivity index is 1.66. The lowest BCUT2D eigenvalue weighted by atomic mass is 9.81. The largest absolute Gasteiger partial charge is 0.381 e. The summed E-state index contributed by atoms with van der Waals surface area (Å²) in [5.74, 6) is 2.00. The molecule has 4 heteroatoms. The van der Waals surface area contributed by atoms with Gasteiger partial charge in [-0.3, -0.25) is 0 Å². The molecule has 108 valence electrons. The Morgan fingerprint density at radius 1 is 1.00 bits per heavy atom. The summed E-state index contributed by atoms with van der Waals surface area (Å²) in [4.78, 5) is 0.496. The van der Waals surface area contributed by atoms with E-state index in [2.05, 4.69) is 0 Å². The van der Waals surface area contributed by atoms with Crippen LogP contribution in [0, 0.1) is 30.6 Å². The topological polar surface area (TPSA) is 43.4 Å². The summed E-state index contributed by atoms with van der Waals surface area (Å²) < 4.78 is 31.3. The second kappa shape index (κ2) is 4.31. The molecule has 2 saturated carbocycles. The average Bonchev–Trinajstić information content (AvgIpc) is 3.12. The van der Waals surface area contributed by atoms with E-state index in [4.69, 9.17) is 4.74 Å². The van der Waals surface area contributed by atoms with Crippen molar-refractivity contribution in [2.24, 2.45) is 23.7 Å². The van der Waals surface area contributed by atoms with Crippen LogP contribution in [-0.4, -0.2) is 26.9 Å². The molecule has 1 heterocycles. The van der Waals surface area contributed by atoms with Crippen molar-refractivity contribution >= 4 is 9.84 Å². The van der Waals surface area contributed by atoms with Crippen molar-refractivity contribution in [3.63, 3.8) is 0 Å². The Hall–Kier alpha value is -0.870. The molecule has 0 amide bonds. The maximum absolute atomic E-state index is 12.9. The van der Waals surface area contributed by atoms with Gasteiger partial charge in [-0.05, 0) is 55.6 Å². The van der Waals surface area contributed by atoms with Gasteiger partial charge in [0.15, 0.2) is 9.84 Å². The van der Waals surface area contributed by atoms with Crippen LogP contribution in [0.15, 0.2) is 29.2 Å². The maximum Gasteiger partial charge on any atom is 0.181 e. The quantitative estimate of drug-likeness (QED) is 0.841. The lowest BCUT2D eigenvalue weighted by molar-refractivity contribution is 0.164. The number of rotatable bonds is 2. The van der Waals surface area contributed by atoms with Crippen molar-refractivity contribution in [2.45, 2.75) is 29.9 Å². The van der Waals surface area contributed by atoms with Gasteiger partial charge < -0.3 is 4.74 Å². The summed E-state index contributed by atoms with van der Waals surface area (Å²) in [7, 11) is -3.18. The van der Waals surface area contributed by atoms with Crippen LogP contribution in [0.2, 0.25) is 0 Å². The Morgan fingerprint density at radius 3 is 2.45 bits per heavy atom. The molecule has 3 nitrogen and oxygen atoms in total. The fraction of sp³-hybridized carbons (Fsp3) is 0.625. The lowest BCUT2D eigenvalue weighted by Gasteiger charge is -2.29. The molecule has 0 radical (unpaired) electrons. The third kappa shape index (κ3) is 1.70. The van der Waals surface area contributed by atoms with Gasteiger partial charge in [0, 0.05) is 0 Å². The molecule has 5 atom stereocenters. The van der Waals surface area contributed by atoms with Crippen LogP contribution in [0.3, 0.4) is 0 Å². The fourth-order valence-electron chi connectivity index (χ4n) is 4.64. The molecule has 1 saturated heterocycles. The molecule has 20 heavy (non-hydrogen) atoms. The van der Waals surface area contributed by atoms with Gasteiger partial charge in [0.1, 0.15) is 0 Å². The molecule has 2 bridgehead atoms. The maximum atomic E-state index is 12.9. The summed E-state index contributed by atoms with van der Waals surface area (Å²) >= 11 is 0. The first-order chi connectivity index (χ1) is 9.57. The van der Waals surface area contributed by atoms with Crippen molar-refractivity contribution < 1.29 is 13.2 Å². The molecule has 3 fully saturated rings. The number of sulfone groups is 1. The normalized spacial score (nSPS) is 39.1. The Kier molecular flexibility index (Phi) is 2.77. The molecular formula is C16H20O3S. The van der Waals surface area contributed by atoms with Crippen LogP contribution in [0.4, 0.5) is 0 Å². The van der Waals surface area contributed by atoms with E-state index in [0.717, 1.165) is 31.6 Å². The molecule has 3 aliphatic rings. The van der Waals surface area contributed by atoms with E-state index >= 15 is 0 Å². The smallest absolute Gasteiger partial charge is 0.181 e. The standard InChI is InChI=1S/C16H20O3S/c1-10-2-4-12(5-3-10)20(17,18)16-7-11-6-13(16)15-9-19-8-14(11)15/h2-5,11,13-16H,6-9H2,1H3/t11-,13-,14-,15-,16-/m1/s1. The first kappa shape index (κ1) is 12.8. The molecule has 1 aliphatic heterocycles. The van der Waals surface area contributed by atoms with Crippen molar-refractivity contribution in [1.82, 2.24) is 0 Å². The summed E-state index contributed by atoms with van der Waals surface area (Å²) in [5.41, 5.74) is 1.10. The van der Waals surface area contributed by atoms with E-state index in [1.54, 1.807) is 12.1 Å². The zero-order valence-corrected chi connectivity index (χ0v) is 12.5. The van der Waals surface area contributed by atoms with Gasteiger partial charge in [-0.2, -0.15) is 0 Å². The second-order valence-corrected chi connectivity index (χ2v) is 8.82. The molecule has 1 aromatic carbocycles. The molecular weight excluding hydrogens is 272 g/mol. The monoisotopic (exact) mass is 292 g/mol. The fourth-order valence-corrected chi connectivity index (χ4v) is 6.78. The summed E-state index contributed by atoms with van der Waals surface area (Å²) in [6, 6.07) is 7.31. The van der Waals surface area contributed by atoms with Gasteiger partial charge in [0.2, 0.25) is 0 Å². The minimum absolute atomic E-state index is 0.182. The zero-order chi connectivity index (χ0) is 13.9. The van der Waals surface area contributed by atoms with Gasteiger partial charge in [0.05, 0.1) is 23.4 Å². The first-order valence-corrected chi connectivity index (χ1v) is 9.00. The van der Waals surface area contributed by atoms with E-state index in [1.165, 1.54) is 0 Å². The molecule has 0 unspecified atom stereocenters. The van der Waals surface area contributed by atoms with E-state index < -0.39 is 9.84 Å². The predicted molar refractivity (Wildman–Crippen MR) is 76.2 cm³/mol. The molecule has 1 aromatic rings. The Labute approximate surface area is 120 Å². The molecule has 0 N–H and O–H groups in total. The predicted octanol–water partition coefficient (Wildman–Crippen LogP) is 2.44. The highest BCUT2D eigenvalue weighted by Gasteiger charge is 2.58. The van der Waals surface area contributed by atoms with Crippen molar-refractivity contribution in [3.8, 4) is 0 Å². The molecule has 0 spiro atoms. The van der Waals surface area contributed by atoms with E-state index in [-0.39, 0.29) is 5.25 Å². The van der Waals surface area contributed by atoms with Gasteiger partial charge >= 0.3 is 0 Å². The summed E-state index contributed by atoms with van der Waals surface area (Å²) in [6.07, 6.45) is 1.93. The zero-order valence-electron chi connectivity index (χ0n) is 11.7. The van der Waals surface area contributed by atoms with Crippen LogP contribution in [-0.2, 0) is 14.6 Å². The van der Waals surface area contributed by atoms with Gasteiger partial charge in [-0.15, -0.1) is 0 Å². The van der Waals surface area contributed by atoms with Gasteiger partial charge in [-0.1, -0.05) is 17.7 Å². The van der Waals surface area contributed by atoms with Crippen LogP contribution >= 0.6 is 0 Å². The van der Waals surface area contributed by atoms with E-state index in [1.807, 2.05) is 19.1 Å². The number of benzene rings is 1. The van der Waals surface area contributed by atoms with Crippen LogP contribution in [0.5, 0.6) is 0 Å². The third-order valence-electron chi connectivity index (χ3n) is 5.66. The summed E-state index contributed by atoms with van der Waals surface area (Å²) in [6.45, 7) is 3.60. The number of hydrogen-bond acceptors (Lipinski definition) is 3. The number of ether oxygens (including phenoxy) is 1. The SMILES string of the molecule is Cc1ccc(S(=O)(=O)[C@@H]2C[C@H]3C[C@@H]2[C@H]2COC[C@H]32)cc1. The Bertz CT molecular complexity index is 620. The van der Waals surface area contributed by atoms with Gasteiger partial charge in [0.25, 0.3) is 0 Å². The van der Waals surface area contributed by atoms with Crippen LogP contribution < -0.4 is 0 Å². The highest BCUT2D eigenvalue weighted by molar-refractivity contribution is 7.92. The van der Waals surface area contributed by atoms with Crippen LogP contribution in [0.25, 0.3) is 0 Å². The number of aryl methyl sites for hydroxylation is 1. The van der Waals surface area contributed by atoms with E-state index in [9.17, 15) is 8.42 Å². The van der Waals surface area contributed by atoms with Gasteiger partial charge in [-0.25, -0.2) is 8.42 Å². The van der Waals surface area contributed by atoms with Crippen molar-refractivity contribution in [3.05, 3.63) is 29.8 Å². The molecule has 4 rings (SSSR count). The highest BCUT2D eigenvalue weighted by atomic mass is 32.2. The third-order valence-corrected chi connectivity index (χ3v) is 7.93. The first-order valence-electron chi connectivity index (χ1n) is 7.45. The highest BCUT2D eigenvalue weighted by Crippen LogP contribution is 2.57. The second-order valence-electron chi connectivity index (χ2n) is 6.66. The van der Waals surface area contributed by atoms with E-state index in [0.29, 0.717) is 28.6 Å². The van der Waals surface area contributed by atoms with Crippen LogP contribution in [0.1, 0.15) is 18.4 Å².